The second kappa shape index (κ2) is 8.61. The van der Waals surface area contributed by atoms with Gasteiger partial charge in [-0.05, 0) is 39.8 Å². The van der Waals surface area contributed by atoms with E-state index in [-0.39, 0.29) is 0 Å². The predicted octanol–water partition coefficient (Wildman–Crippen LogP) is 4.85. The number of nitrogens with zero attached hydrogens (tertiary/aromatic N) is 6. The Bertz CT molecular complexity index is 1260. The van der Waals surface area contributed by atoms with Gasteiger partial charge in [0.2, 0.25) is 5.82 Å². The summed E-state index contributed by atoms with van der Waals surface area (Å²) in [6.45, 7) is 2.86. The Morgan fingerprint density at radius 3 is 2.48 bits per heavy atom. The van der Waals surface area contributed by atoms with Crippen molar-refractivity contribution in [1.82, 2.24) is 35.4 Å². The number of hydrogen-bond acceptors (Lipinski definition) is 6. The van der Waals surface area contributed by atoms with E-state index in [0.29, 0.717) is 12.4 Å². The maximum atomic E-state index is 4.78. The van der Waals surface area contributed by atoms with Crippen molar-refractivity contribution in [3.8, 4) is 33.2 Å². The molecule has 0 spiro atoms. The van der Waals surface area contributed by atoms with Crippen LogP contribution in [0.4, 0.5) is 0 Å². The third kappa shape index (κ3) is 4.02. The first-order valence-electron chi connectivity index (χ1n) is 10.2. The number of aromatic nitrogens is 7. The van der Waals surface area contributed by atoms with Gasteiger partial charge in [-0.15, -0.1) is 26.6 Å². The first-order chi connectivity index (χ1) is 15.3. The zero-order chi connectivity index (χ0) is 21.0. The van der Waals surface area contributed by atoms with Gasteiger partial charge in [0, 0.05) is 12.0 Å². The Balaban J connectivity index is 1.42. The molecule has 0 aliphatic rings. The van der Waals surface area contributed by atoms with Gasteiger partial charge >= 0.3 is 0 Å². The van der Waals surface area contributed by atoms with E-state index in [1.54, 1.807) is 11.3 Å². The van der Waals surface area contributed by atoms with Crippen molar-refractivity contribution in [2.45, 2.75) is 26.3 Å². The molecule has 5 aromatic rings. The van der Waals surface area contributed by atoms with Crippen LogP contribution in [0.2, 0.25) is 0 Å². The van der Waals surface area contributed by atoms with Crippen molar-refractivity contribution in [1.29, 1.82) is 0 Å². The monoisotopic (exact) mass is 427 g/mol. The van der Waals surface area contributed by atoms with Gasteiger partial charge in [0.1, 0.15) is 5.82 Å². The maximum Gasteiger partial charge on any atom is 0.205 e. The van der Waals surface area contributed by atoms with E-state index in [9.17, 15) is 0 Å². The lowest BCUT2D eigenvalue weighted by atomic mass is 9.98. The number of tetrazole rings is 1. The first kappa shape index (κ1) is 19.3. The summed E-state index contributed by atoms with van der Waals surface area (Å²) in [5.41, 5.74) is 4.31. The molecule has 0 amide bonds. The Kier molecular flexibility index (Phi) is 5.37. The van der Waals surface area contributed by atoms with E-state index in [4.69, 9.17) is 10.1 Å². The molecular weight excluding hydrogens is 406 g/mol. The summed E-state index contributed by atoms with van der Waals surface area (Å²) >= 11 is 1.67. The molecule has 0 saturated heterocycles. The Morgan fingerprint density at radius 2 is 1.77 bits per heavy atom. The second-order valence-electron chi connectivity index (χ2n) is 7.21. The van der Waals surface area contributed by atoms with Gasteiger partial charge in [-0.2, -0.15) is 5.21 Å². The summed E-state index contributed by atoms with van der Waals surface area (Å²) in [6.07, 6.45) is 1.95. The van der Waals surface area contributed by atoms with Crippen molar-refractivity contribution in [3.63, 3.8) is 0 Å². The summed E-state index contributed by atoms with van der Waals surface area (Å²) in [7, 11) is 0. The summed E-state index contributed by atoms with van der Waals surface area (Å²) < 4.78 is 2.03. The number of rotatable bonds is 7. The van der Waals surface area contributed by atoms with Gasteiger partial charge in [0.25, 0.3) is 0 Å². The molecule has 0 atom stereocenters. The van der Waals surface area contributed by atoms with E-state index >= 15 is 0 Å². The molecule has 0 aliphatic heterocycles. The number of aromatic amines is 1. The molecule has 1 N–H and O–H groups in total. The van der Waals surface area contributed by atoms with Gasteiger partial charge in [0.15, 0.2) is 5.82 Å². The fraction of sp³-hybridized carbons (Fsp3) is 0.174. The van der Waals surface area contributed by atoms with E-state index in [0.717, 1.165) is 46.1 Å². The van der Waals surface area contributed by atoms with Crippen LogP contribution in [0.5, 0.6) is 0 Å². The van der Waals surface area contributed by atoms with Crippen LogP contribution in [0.25, 0.3) is 33.2 Å². The zero-order valence-electron chi connectivity index (χ0n) is 17.1. The molecule has 3 aromatic heterocycles. The average Bonchev–Trinajstić information content (AvgIpc) is 3.57. The van der Waals surface area contributed by atoms with Crippen LogP contribution in [0.15, 0.2) is 66.0 Å². The number of nitrogens with one attached hydrogen (secondary N) is 1. The number of H-pyrrole nitrogens is 1. The zero-order valence-corrected chi connectivity index (χ0v) is 17.9. The van der Waals surface area contributed by atoms with Crippen LogP contribution in [-0.2, 0) is 13.0 Å². The predicted molar refractivity (Wildman–Crippen MR) is 121 cm³/mol. The topological polar surface area (TPSA) is 85.2 Å². The SMILES string of the molecule is CCCc1nc(-c2cccs2)nn1Cc1ccc(-c2ccccc2-c2nn[nH]n2)cc1. The molecular formula is C23H21N7S. The van der Waals surface area contributed by atoms with Crippen molar-refractivity contribution in [3.05, 3.63) is 77.4 Å². The molecule has 2 aromatic carbocycles. The van der Waals surface area contributed by atoms with E-state index in [1.807, 2.05) is 28.9 Å². The Hall–Kier alpha value is -3.65. The Morgan fingerprint density at radius 1 is 0.935 bits per heavy atom. The second-order valence-corrected chi connectivity index (χ2v) is 8.16. The highest BCUT2D eigenvalue weighted by Crippen LogP contribution is 2.30. The molecule has 0 unspecified atom stereocenters. The normalized spacial score (nSPS) is 11.1. The summed E-state index contributed by atoms with van der Waals surface area (Å²) in [5.74, 6) is 2.43. The minimum absolute atomic E-state index is 0.590. The minimum atomic E-state index is 0.590. The van der Waals surface area contributed by atoms with Crippen LogP contribution in [0.3, 0.4) is 0 Å². The summed E-state index contributed by atoms with van der Waals surface area (Å²) in [4.78, 5) is 5.88. The lowest BCUT2D eigenvalue weighted by Crippen LogP contribution is -2.07. The summed E-state index contributed by atoms with van der Waals surface area (Å²) in [5, 5.41) is 21.3. The van der Waals surface area contributed by atoms with Crippen LogP contribution >= 0.6 is 11.3 Å². The highest BCUT2D eigenvalue weighted by molar-refractivity contribution is 7.13. The first-order valence-corrected chi connectivity index (χ1v) is 11.1. The molecule has 7 nitrogen and oxygen atoms in total. The molecule has 31 heavy (non-hydrogen) atoms. The van der Waals surface area contributed by atoms with Gasteiger partial charge in [-0.25, -0.2) is 9.67 Å². The third-order valence-electron chi connectivity index (χ3n) is 5.07. The van der Waals surface area contributed by atoms with Crippen LogP contribution in [-0.4, -0.2) is 35.4 Å². The standard InChI is InChI=1S/C23H21N7S/c1-2-6-21-24-23(20-9-5-14-31-20)27-30(21)15-16-10-12-17(13-11-16)18-7-3-4-8-19(18)22-25-28-29-26-22/h3-5,7-14H,2,6,15H2,1H3,(H,25,26,28,29). The van der Waals surface area contributed by atoms with Crippen LogP contribution < -0.4 is 0 Å². The number of hydrogen-bond donors (Lipinski definition) is 1. The molecule has 154 valence electrons. The lowest BCUT2D eigenvalue weighted by molar-refractivity contribution is 0.630. The van der Waals surface area contributed by atoms with Crippen molar-refractivity contribution < 1.29 is 0 Å². The quantitative estimate of drug-likeness (QED) is 0.401. The largest absolute Gasteiger partial charge is 0.245 e. The van der Waals surface area contributed by atoms with Crippen molar-refractivity contribution >= 4 is 11.3 Å². The molecule has 0 bridgehead atoms. The number of benzene rings is 2. The average molecular weight is 428 g/mol. The molecule has 8 heteroatoms. The highest BCUT2D eigenvalue weighted by Gasteiger charge is 2.13. The molecule has 0 aliphatic carbocycles. The number of aryl methyl sites for hydroxylation is 1. The van der Waals surface area contributed by atoms with Gasteiger partial charge in [0.05, 0.1) is 11.4 Å². The molecule has 5 rings (SSSR count). The number of thiophene rings is 1. The summed E-state index contributed by atoms with van der Waals surface area (Å²) in [6, 6.07) is 20.7. The van der Waals surface area contributed by atoms with Crippen LogP contribution in [0.1, 0.15) is 24.7 Å². The lowest BCUT2D eigenvalue weighted by Gasteiger charge is -2.09. The van der Waals surface area contributed by atoms with E-state index in [1.165, 1.54) is 5.56 Å². The molecule has 0 fully saturated rings. The smallest absolute Gasteiger partial charge is 0.205 e. The van der Waals surface area contributed by atoms with Crippen molar-refractivity contribution in [2.24, 2.45) is 0 Å². The fourth-order valence-electron chi connectivity index (χ4n) is 3.59. The molecule has 0 saturated carbocycles. The molecule has 0 radical (unpaired) electrons. The van der Waals surface area contributed by atoms with Crippen molar-refractivity contribution in [2.75, 3.05) is 0 Å². The van der Waals surface area contributed by atoms with Gasteiger partial charge in [-0.1, -0.05) is 61.5 Å². The van der Waals surface area contributed by atoms with Gasteiger partial charge < -0.3 is 0 Å². The fourth-order valence-corrected chi connectivity index (χ4v) is 4.24. The molecule has 3 heterocycles. The van der Waals surface area contributed by atoms with Gasteiger partial charge in [-0.3, -0.25) is 0 Å². The maximum absolute atomic E-state index is 4.78. The highest BCUT2D eigenvalue weighted by atomic mass is 32.1. The van der Waals surface area contributed by atoms with E-state index in [2.05, 4.69) is 69.3 Å². The third-order valence-corrected chi connectivity index (χ3v) is 5.94. The Labute approximate surface area is 183 Å². The van der Waals surface area contributed by atoms with E-state index < -0.39 is 0 Å². The minimum Gasteiger partial charge on any atom is -0.245 e. The van der Waals surface area contributed by atoms with Crippen LogP contribution in [0, 0.1) is 0 Å².